The predicted molar refractivity (Wildman–Crippen MR) is 138 cm³/mol. The van der Waals surface area contributed by atoms with Gasteiger partial charge in [-0.05, 0) is 77.5 Å². The lowest BCUT2D eigenvalue weighted by molar-refractivity contribution is 0.0956. The number of carbonyl (C=O) groups excluding carboxylic acids is 2. The molecule has 2 N–H and O–H groups in total. The lowest BCUT2D eigenvalue weighted by Gasteiger charge is -2.15. The van der Waals surface area contributed by atoms with E-state index in [4.69, 9.17) is 11.6 Å². The third-order valence-corrected chi connectivity index (χ3v) is 5.94. The first-order chi connectivity index (χ1) is 17.7. The number of benzene rings is 1. The second-order valence-electron chi connectivity index (χ2n) is 7.68. The van der Waals surface area contributed by atoms with Crippen molar-refractivity contribution in [3.8, 4) is 5.82 Å². The molecule has 0 aliphatic carbocycles. The Balaban J connectivity index is 1.74. The topological polar surface area (TPSA) is 133 Å². The minimum atomic E-state index is -2.88. The van der Waals surface area contributed by atoms with Crippen molar-refractivity contribution in [2.45, 2.75) is 26.8 Å². The Hall–Kier alpha value is -3.53. The highest BCUT2D eigenvalue weighted by atomic mass is 127. The maximum absolute atomic E-state index is 13.5. The zero-order valence-electron chi connectivity index (χ0n) is 19.4. The molecular formula is C22H19ClF2IN9O2. The van der Waals surface area contributed by atoms with Gasteiger partial charge < -0.3 is 10.6 Å². The van der Waals surface area contributed by atoms with Gasteiger partial charge in [0.25, 0.3) is 11.8 Å². The first-order valence-electron chi connectivity index (χ1n) is 10.8. The van der Waals surface area contributed by atoms with Crippen molar-refractivity contribution in [1.29, 1.82) is 0 Å². The second-order valence-corrected chi connectivity index (χ2v) is 9.33. The molecule has 192 valence electrons. The number of anilines is 1. The fraction of sp³-hybridized carbons (Fsp3) is 0.227. The first kappa shape index (κ1) is 26.5. The van der Waals surface area contributed by atoms with Crippen LogP contribution in [0.4, 0.5) is 14.5 Å². The van der Waals surface area contributed by atoms with Crippen LogP contribution < -0.4 is 10.6 Å². The molecule has 0 spiro atoms. The zero-order valence-corrected chi connectivity index (χ0v) is 22.3. The summed E-state index contributed by atoms with van der Waals surface area (Å²) in [5.41, 5.74) is 1.60. The van der Waals surface area contributed by atoms with E-state index >= 15 is 0 Å². The maximum atomic E-state index is 13.5. The normalized spacial score (nSPS) is 11.1. The summed E-state index contributed by atoms with van der Waals surface area (Å²) in [6.45, 7) is 3.83. The van der Waals surface area contributed by atoms with Gasteiger partial charge in [0, 0.05) is 16.3 Å². The molecule has 0 bridgehead atoms. The quantitative estimate of drug-likeness (QED) is 0.280. The van der Waals surface area contributed by atoms with Crippen molar-refractivity contribution in [2.75, 3.05) is 11.9 Å². The van der Waals surface area contributed by atoms with Gasteiger partial charge in [-0.2, -0.15) is 9.90 Å². The van der Waals surface area contributed by atoms with Crippen LogP contribution in [0.25, 0.3) is 5.82 Å². The molecule has 0 atom stereocenters. The minimum absolute atomic E-state index is 0.0320. The largest absolute Gasteiger partial charge is 0.352 e. The number of tetrazole rings is 1. The van der Waals surface area contributed by atoms with Crippen LogP contribution in [-0.2, 0) is 6.54 Å². The van der Waals surface area contributed by atoms with Crippen LogP contribution in [0.3, 0.4) is 0 Å². The number of amides is 2. The van der Waals surface area contributed by atoms with Gasteiger partial charge in [-0.25, -0.2) is 18.4 Å². The van der Waals surface area contributed by atoms with Crippen LogP contribution >= 0.6 is 34.2 Å². The molecule has 2 amide bonds. The Kier molecular flexibility index (Phi) is 8.06. The molecule has 37 heavy (non-hydrogen) atoms. The number of nitrogens with one attached hydrogen (secondary N) is 2. The number of aryl methyl sites for hydroxylation is 1. The highest BCUT2D eigenvalue weighted by Gasteiger charge is 2.23. The van der Waals surface area contributed by atoms with Crippen molar-refractivity contribution in [1.82, 2.24) is 40.3 Å². The van der Waals surface area contributed by atoms with Crippen LogP contribution in [0.1, 0.15) is 51.3 Å². The molecule has 4 rings (SSSR count). The molecule has 0 fully saturated rings. The summed E-state index contributed by atoms with van der Waals surface area (Å²) in [5.74, 6) is -1.50. The van der Waals surface area contributed by atoms with Crippen molar-refractivity contribution in [2.24, 2.45) is 0 Å². The van der Waals surface area contributed by atoms with Gasteiger partial charge in [0.05, 0.1) is 22.0 Å². The summed E-state index contributed by atoms with van der Waals surface area (Å²) >= 11 is 8.41. The van der Waals surface area contributed by atoms with Crippen LogP contribution in [0, 0.1) is 10.5 Å². The molecule has 15 heteroatoms. The molecular weight excluding hydrogens is 623 g/mol. The molecule has 0 saturated carbocycles. The third kappa shape index (κ3) is 5.90. The van der Waals surface area contributed by atoms with E-state index in [2.05, 4.69) is 58.7 Å². The zero-order chi connectivity index (χ0) is 26.7. The van der Waals surface area contributed by atoms with Crippen molar-refractivity contribution in [3.63, 3.8) is 0 Å². The number of carbonyl (C=O) groups is 2. The lowest BCUT2D eigenvalue weighted by Crippen LogP contribution is -2.26. The van der Waals surface area contributed by atoms with Crippen molar-refractivity contribution in [3.05, 3.63) is 73.5 Å². The minimum Gasteiger partial charge on any atom is -0.352 e. The molecule has 0 aliphatic heterocycles. The maximum Gasteiger partial charge on any atom is 0.301 e. The van der Waals surface area contributed by atoms with Crippen molar-refractivity contribution < 1.29 is 18.4 Å². The van der Waals surface area contributed by atoms with E-state index in [1.165, 1.54) is 16.9 Å². The summed E-state index contributed by atoms with van der Waals surface area (Å²) in [4.78, 5) is 31.4. The van der Waals surface area contributed by atoms with Crippen LogP contribution in [0.2, 0.25) is 5.02 Å². The Labute approximate surface area is 227 Å². The second kappa shape index (κ2) is 11.2. The predicted octanol–water partition coefficient (Wildman–Crippen LogP) is 3.81. The SMILES string of the molecule is CCNC(=O)c1cc(I)cc(C)c1NC(=O)c1cc(Cn2nnc(C(F)F)n2)nn1-c1ncccc1Cl. The average Bonchev–Trinajstić information content (AvgIpc) is 3.49. The summed E-state index contributed by atoms with van der Waals surface area (Å²) in [6, 6.07) is 8.13. The Morgan fingerprint density at radius 2 is 1.97 bits per heavy atom. The fourth-order valence-corrected chi connectivity index (χ4v) is 4.42. The fourth-order valence-electron chi connectivity index (χ4n) is 3.44. The van der Waals surface area contributed by atoms with Crippen LogP contribution in [0.5, 0.6) is 0 Å². The van der Waals surface area contributed by atoms with Crippen LogP contribution in [-0.4, -0.2) is 53.3 Å². The monoisotopic (exact) mass is 641 g/mol. The van der Waals surface area contributed by atoms with E-state index in [0.29, 0.717) is 23.4 Å². The summed E-state index contributed by atoms with van der Waals surface area (Å²) in [7, 11) is 0. The summed E-state index contributed by atoms with van der Waals surface area (Å²) in [5, 5.41) is 20.7. The molecule has 3 aromatic heterocycles. The number of rotatable bonds is 8. The first-order valence-corrected chi connectivity index (χ1v) is 12.3. The van der Waals surface area contributed by atoms with Gasteiger partial charge >= 0.3 is 6.43 Å². The number of aromatic nitrogens is 7. The van der Waals surface area contributed by atoms with Gasteiger partial charge in [0.2, 0.25) is 5.82 Å². The van der Waals surface area contributed by atoms with Gasteiger partial charge in [0.15, 0.2) is 5.82 Å². The average molecular weight is 642 g/mol. The van der Waals surface area contributed by atoms with E-state index in [-0.39, 0.29) is 34.7 Å². The Morgan fingerprint density at radius 1 is 1.19 bits per heavy atom. The van der Waals surface area contributed by atoms with E-state index in [1.807, 2.05) is 6.07 Å². The van der Waals surface area contributed by atoms with Gasteiger partial charge in [-0.3, -0.25) is 9.59 Å². The van der Waals surface area contributed by atoms with E-state index in [1.54, 1.807) is 32.0 Å². The molecule has 11 nitrogen and oxygen atoms in total. The Morgan fingerprint density at radius 3 is 2.65 bits per heavy atom. The third-order valence-electron chi connectivity index (χ3n) is 5.02. The number of alkyl halides is 2. The van der Waals surface area contributed by atoms with Crippen LogP contribution in [0.15, 0.2) is 36.5 Å². The molecule has 0 aliphatic rings. The molecule has 0 radical (unpaired) electrons. The lowest BCUT2D eigenvalue weighted by atomic mass is 10.1. The molecule has 1 aromatic carbocycles. The van der Waals surface area contributed by atoms with Gasteiger partial charge in [-0.15, -0.1) is 10.2 Å². The van der Waals surface area contributed by atoms with Crippen molar-refractivity contribution >= 4 is 51.7 Å². The summed E-state index contributed by atoms with van der Waals surface area (Å²) in [6.07, 6.45) is -1.40. The number of hydrogen-bond acceptors (Lipinski definition) is 7. The van der Waals surface area contributed by atoms with Gasteiger partial charge in [0.1, 0.15) is 12.2 Å². The molecule has 0 saturated heterocycles. The number of halogens is 4. The Bertz CT molecular complexity index is 1470. The standard InChI is InChI=1S/C22H19ClF2IN9O2/c1-3-27-21(36)14-8-12(26)7-11(2)17(14)29-22(37)16-9-13(10-34-32-19(18(24)25)30-33-34)31-35(16)20-15(23)5-4-6-28-20/h4-9,18H,3,10H2,1-2H3,(H,27,36)(H,29,37). The molecule has 4 aromatic rings. The molecule has 3 heterocycles. The summed E-state index contributed by atoms with van der Waals surface area (Å²) < 4.78 is 27.8. The van der Waals surface area contributed by atoms with E-state index in [0.717, 1.165) is 8.37 Å². The smallest absolute Gasteiger partial charge is 0.301 e. The number of nitrogens with zero attached hydrogens (tertiary/aromatic N) is 7. The van der Waals surface area contributed by atoms with E-state index < -0.39 is 18.2 Å². The number of hydrogen-bond donors (Lipinski definition) is 2. The highest BCUT2D eigenvalue weighted by molar-refractivity contribution is 14.1. The molecule has 0 unspecified atom stereocenters. The van der Waals surface area contributed by atoms with E-state index in [9.17, 15) is 18.4 Å². The van der Waals surface area contributed by atoms with Gasteiger partial charge in [-0.1, -0.05) is 11.6 Å². The number of pyridine rings is 1. The highest BCUT2D eigenvalue weighted by Crippen LogP contribution is 2.26.